The molecule has 1 atom stereocenters. The number of carbonyl (C=O) groups excluding carboxylic acids is 1. The van der Waals surface area contributed by atoms with Gasteiger partial charge in [0, 0.05) is 11.1 Å². The van der Waals surface area contributed by atoms with Crippen molar-refractivity contribution in [2.45, 2.75) is 12.5 Å². The summed E-state index contributed by atoms with van der Waals surface area (Å²) in [7, 11) is 0. The number of aromatic nitrogens is 3. The maximum atomic E-state index is 12.3. The zero-order valence-corrected chi connectivity index (χ0v) is 12.5. The van der Waals surface area contributed by atoms with Crippen LogP contribution < -0.4 is 5.32 Å². The number of H-pyrrole nitrogens is 1. The number of furan rings is 1. The molecular weight excluding hydrogens is 296 g/mol. The lowest BCUT2D eigenvalue weighted by molar-refractivity contribution is 0.0330. The summed E-state index contributed by atoms with van der Waals surface area (Å²) in [6.07, 6.45) is 2.88. The molecule has 0 spiro atoms. The molecule has 0 aliphatic carbocycles. The quantitative estimate of drug-likeness (QED) is 0.665. The SMILES string of the molecule is CC(O)(CNC(=O)c1cccc(-c2ncn[nH]2)c1)c1ccco1. The van der Waals surface area contributed by atoms with Gasteiger partial charge in [-0.2, -0.15) is 5.10 Å². The van der Waals surface area contributed by atoms with Gasteiger partial charge in [0.15, 0.2) is 5.82 Å². The summed E-state index contributed by atoms with van der Waals surface area (Å²) in [5.74, 6) is 0.689. The standard InChI is InChI=1S/C16H16N4O3/c1-16(22,13-6-3-7-23-13)9-17-15(21)12-5-2-4-11(8-12)14-18-10-19-20-14/h2-8,10,22H,9H2,1H3,(H,17,21)(H,18,19,20). The van der Waals surface area contributed by atoms with Gasteiger partial charge in [-0.05, 0) is 31.2 Å². The topological polar surface area (TPSA) is 104 Å². The number of aliphatic hydroxyl groups is 1. The lowest BCUT2D eigenvalue weighted by Crippen LogP contribution is -2.38. The van der Waals surface area contributed by atoms with E-state index in [1.54, 1.807) is 37.3 Å². The van der Waals surface area contributed by atoms with Crippen molar-refractivity contribution < 1.29 is 14.3 Å². The molecule has 2 aromatic heterocycles. The number of hydrogen-bond donors (Lipinski definition) is 3. The van der Waals surface area contributed by atoms with Crippen LogP contribution in [0, 0.1) is 0 Å². The Morgan fingerprint density at radius 2 is 2.26 bits per heavy atom. The molecule has 7 nitrogen and oxygen atoms in total. The number of benzene rings is 1. The first-order valence-electron chi connectivity index (χ1n) is 7.06. The zero-order valence-electron chi connectivity index (χ0n) is 12.5. The lowest BCUT2D eigenvalue weighted by atomic mass is 10.0. The summed E-state index contributed by atoms with van der Waals surface area (Å²) in [4.78, 5) is 16.3. The van der Waals surface area contributed by atoms with Crippen LogP contribution in [0.5, 0.6) is 0 Å². The minimum atomic E-state index is -1.28. The number of nitrogens with zero attached hydrogens (tertiary/aromatic N) is 2. The number of carbonyl (C=O) groups is 1. The lowest BCUT2D eigenvalue weighted by Gasteiger charge is -2.21. The summed E-state index contributed by atoms with van der Waals surface area (Å²) in [5.41, 5.74) is -0.0519. The molecule has 1 unspecified atom stereocenters. The van der Waals surface area contributed by atoms with Gasteiger partial charge in [0.2, 0.25) is 0 Å². The highest BCUT2D eigenvalue weighted by atomic mass is 16.4. The Balaban J connectivity index is 1.70. The van der Waals surface area contributed by atoms with Crippen LogP contribution >= 0.6 is 0 Å². The maximum Gasteiger partial charge on any atom is 0.251 e. The predicted octanol–water partition coefficient (Wildman–Crippen LogP) is 1.70. The Morgan fingerprint density at radius 3 is 2.96 bits per heavy atom. The number of aromatic amines is 1. The fourth-order valence-corrected chi connectivity index (χ4v) is 2.18. The van der Waals surface area contributed by atoms with Crippen molar-refractivity contribution in [1.82, 2.24) is 20.5 Å². The monoisotopic (exact) mass is 312 g/mol. The minimum Gasteiger partial charge on any atom is -0.466 e. The average Bonchev–Trinajstić information content (AvgIpc) is 3.25. The van der Waals surface area contributed by atoms with Gasteiger partial charge < -0.3 is 14.8 Å². The van der Waals surface area contributed by atoms with Crippen molar-refractivity contribution in [3.05, 3.63) is 60.3 Å². The second-order valence-corrected chi connectivity index (χ2v) is 5.35. The van der Waals surface area contributed by atoms with Gasteiger partial charge in [-0.25, -0.2) is 4.98 Å². The molecule has 7 heteroatoms. The highest BCUT2D eigenvalue weighted by Crippen LogP contribution is 2.20. The van der Waals surface area contributed by atoms with E-state index >= 15 is 0 Å². The Kier molecular flexibility index (Phi) is 3.94. The number of rotatable bonds is 5. The molecule has 0 saturated carbocycles. The molecule has 0 radical (unpaired) electrons. The van der Waals surface area contributed by atoms with Crippen molar-refractivity contribution in [1.29, 1.82) is 0 Å². The molecule has 118 valence electrons. The maximum absolute atomic E-state index is 12.3. The third-order valence-electron chi connectivity index (χ3n) is 3.46. The first-order valence-corrected chi connectivity index (χ1v) is 7.06. The van der Waals surface area contributed by atoms with Crippen LogP contribution in [0.2, 0.25) is 0 Å². The van der Waals surface area contributed by atoms with Crippen molar-refractivity contribution >= 4 is 5.91 Å². The molecular formula is C16H16N4O3. The van der Waals surface area contributed by atoms with Gasteiger partial charge in [-0.1, -0.05) is 12.1 Å². The molecule has 2 heterocycles. The number of amides is 1. The van der Waals surface area contributed by atoms with E-state index in [-0.39, 0.29) is 12.5 Å². The van der Waals surface area contributed by atoms with E-state index < -0.39 is 5.60 Å². The Labute approximate surface area is 132 Å². The fourth-order valence-electron chi connectivity index (χ4n) is 2.18. The van der Waals surface area contributed by atoms with Gasteiger partial charge in [-0.15, -0.1) is 0 Å². The van der Waals surface area contributed by atoms with E-state index in [1.165, 1.54) is 12.6 Å². The molecule has 0 aliphatic rings. The van der Waals surface area contributed by atoms with E-state index in [2.05, 4.69) is 20.5 Å². The molecule has 3 rings (SSSR count). The Hall–Kier alpha value is -2.93. The normalized spacial score (nSPS) is 13.5. The van der Waals surface area contributed by atoms with Gasteiger partial charge in [0.25, 0.3) is 5.91 Å². The van der Waals surface area contributed by atoms with Gasteiger partial charge in [0.05, 0.1) is 12.8 Å². The smallest absolute Gasteiger partial charge is 0.251 e. The molecule has 0 saturated heterocycles. The van der Waals surface area contributed by atoms with Crippen LogP contribution in [0.4, 0.5) is 0 Å². The third kappa shape index (κ3) is 3.29. The van der Waals surface area contributed by atoms with Crippen molar-refractivity contribution in [3.63, 3.8) is 0 Å². The van der Waals surface area contributed by atoms with Gasteiger partial charge >= 0.3 is 0 Å². The van der Waals surface area contributed by atoms with E-state index in [0.29, 0.717) is 17.1 Å². The van der Waals surface area contributed by atoms with E-state index in [4.69, 9.17) is 4.42 Å². The van der Waals surface area contributed by atoms with Crippen LogP contribution in [0.1, 0.15) is 23.0 Å². The zero-order chi connectivity index (χ0) is 16.3. The Bertz CT molecular complexity index is 780. The fraction of sp³-hybridized carbons (Fsp3) is 0.188. The van der Waals surface area contributed by atoms with E-state index in [0.717, 1.165) is 5.56 Å². The van der Waals surface area contributed by atoms with Crippen molar-refractivity contribution in [2.24, 2.45) is 0 Å². The molecule has 3 N–H and O–H groups in total. The number of nitrogens with one attached hydrogen (secondary N) is 2. The molecule has 23 heavy (non-hydrogen) atoms. The molecule has 0 aliphatic heterocycles. The van der Waals surface area contributed by atoms with E-state index in [1.807, 2.05) is 6.07 Å². The second-order valence-electron chi connectivity index (χ2n) is 5.35. The van der Waals surface area contributed by atoms with Crippen molar-refractivity contribution in [2.75, 3.05) is 6.54 Å². The minimum absolute atomic E-state index is 0.0336. The molecule has 0 bridgehead atoms. The van der Waals surface area contributed by atoms with Crippen LogP contribution in [-0.4, -0.2) is 32.7 Å². The highest BCUT2D eigenvalue weighted by Gasteiger charge is 2.27. The molecule has 1 amide bonds. The largest absolute Gasteiger partial charge is 0.466 e. The molecule has 0 fully saturated rings. The molecule has 1 aromatic carbocycles. The van der Waals surface area contributed by atoms with Crippen LogP contribution in [0.3, 0.4) is 0 Å². The summed E-state index contributed by atoms with van der Waals surface area (Å²) in [6, 6.07) is 10.3. The number of hydrogen-bond acceptors (Lipinski definition) is 5. The van der Waals surface area contributed by atoms with Gasteiger partial charge in [-0.3, -0.25) is 9.89 Å². The summed E-state index contributed by atoms with van der Waals surface area (Å²) < 4.78 is 5.18. The predicted molar refractivity (Wildman–Crippen MR) is 82.4 cm³/mol. The van der Waals surface area contributed by atoms with Crippen molar-refractivity contribution in [3.8, 4) is 11.4 Å². The summed E-state index contributed by atoms with van der Waals surface area (Å²) in [5, 5.41) is 19.6. The van der Waals surface area contributed by atoms with Crippen LogP contribution in [0.15, 0.2) is 53.4 Å². The first kappa shape index (κ1) is 15.0. The van der Waals surface area contributed by atoms with E-state index in [9.17, 15) is 9.90 Å². The summed E-state index contributed by atoms with van der Waals surface area (Å²) >= 11 is 0. The van der Waals surface area contributed by atoms with Gasteiger partial charge in [0.1, 0.15) is 17.7 Å². The average molecular weight is 312 g/mol. The van der Waals surface area contributed by atoms with Crippen LogP contribution in [0.25, 0.3) is 11.4 Å². The second kappa shape index (κ2) is 6.05. The molecule has 3 aromatic rings. The van der Waals surface area contributed by atoms with Crippen LogP contribution in [-0.2, 0) is 5.60 Å². The summed E-state index contributed by atoms with van der Waals surface area (Å²) in [6.45, 7) is 1.61. The third-order valence-corrected chi connectivity index (χ3v) is 3.46. The Morgan fingerprint density at radius 1 is 1.39 bits per heavy atom. The first-order chi connectivity index (χ1) is 11.1. The highest BCUT2D eigenvalue weighted by molar-refractivity contribution is 5.95.